The number of rotatable bonds is 7. The molecule has 138 valence electrons. The van der Waals surface area contributed by atoms with E-state index in [1.54, 1.807) is 0 Å². The van der Waals surface area contributed by atoms with Crippen LogP contribution in [0.2, 0.25) is 0 Å². The first-order chi connectivity index (χ1) is 12.0. The molecule has 2 heteroatoms. The number of hydrogen-bond donors (Lipinski definition) is 0. The lowest BCUT2D eigenvalue weighted by molar-refractivity contribution is -0.116. The first kappa shape index (κ1) is 17.4. The van der Waals surface area contributed by atoms with E-state index in [0.29, 0.717) is 24.0 Å². The zero-order valence-electron chi connectivity index (χ0n) is 16.2. The molecule has 1 atom stereocenters. The Kier molecular flexibility index (Phi) is 4.83. The van der Waals surface area contributed by atoms with Gasteiger partial charge in [0.2, 0.25) is 0 Å². The van der Waals surface area contributed by atoms with Crippen LogP contribution in [-0.4, -0.2) is 13.4 Å². The summed E-state index contributed by atoms with van der Waals surface area (Å²) >= 11 is 0. The second kappa shape index (κ2) is 6.95. The van der Waals surface area contributed by atoms with E-state index >= 15 is 0 Å². The van der Waals surface area contributed by atoms with E-state index in [9.17, 15) is 0 Å². The molecule has 25 heavy (non-hydrogen) atoms. The van der Waals surface area contributed by atoms with E-state index in [1.807, 2.05) is 0 Å². The topological polar surface area (TPSA) is 18.5 Å². The van der Waals surface area contributed by atoms with Crippen molar-refractivity contribution in [2.24, 2.45) is 29.1 Å². The Bertz CT molecular complexity index is 539. The molecule has 0 aliphatic heterocycles. The zero-order chi connectivity index (χ0) is 17.4. The van der Waals surface area contributed by atoms with Crippen molar-refractivity contribution in [2.75, 3.05) is 13.4 Å². The van der Waals surface area contributed by atoms with Gasteiger partial charge in [0.15, 0.2) is 6.79 Å². The maximum atomic E-state index is 6.02. The lowest BCUT2D eigenvalue weighted by Gasteiger charge is -2.56. The highest BCUT2D eigenvalue weighted by molar-refractivity contribution is 5.29. The van der Waals surface area contributed by atoms with Crippen molar-refractivity contribution in [3.8, 4) is 5.75 Å². The van der Waals surface area contributed by atoms with Crippen molar-refractivity contribution in [2.45, 2.75) is 65.2 Å². The average Bonchev–Trinajstić information content (AvgIpc) is 2.57. The van der Waals surface area contributed by atoms with E-state index in [4.69, 9.17) is 9.47 Å². The maximum absolute atomic E-state index is 6.02. The Labute approximate surface area is 153 Å². The van der Waals surface area contributed by atoms with Crippen LogP contribution < -0.4 is 4.74 Å². The fraction of sp³-hybridized carbons (Fsp3) is 0.739. The van der Waals surface area contributed by atoms with Gasteiger partial charge in [-0.2, -0.15) is 0 Å². The SMILES string of the molecule is CC(C)C(C)c1ccc(OCOCC23CC4CC(CC(C4)C2)C3)cc1. The summed E-state index contributed by atoms with van der Waals surface area (Å²) in [5.41, 5.74) is 1.87. The van der Waals surface area contributed by atoms with Crippen LogP contribution >= 0.6 is 0 Å². The molecule has 0 spiro atoms. The van der Waals surface area contributed by atoms with Crippen molar-refractivity contribution in [1.29, 1.82) is 0 Å². The van der Waals surface area contributed by atoms with E-state index in [2.05, 4.69) is 45.0 Å². The summed E-state index contributed by atoms with van der Waals surface area (Å²) in [4.78, 5) is 0. The van der Waals surface area contributed by atoms with E-state index < -0.39 is 0 Å². The van der Waals surface area contributed by atoms with Gasteiger partial charge in [-0.15, -0.1) is 0 Å². The van der Waals surface area contributed by atoms with Gasteiger partial charge in [-0.25, -0.2) is 0 Å². The predicted octanol–water partition coefficient (Wildman–Crippen LogP) is 6.02. The molecule has 0 N–H and O–H groups in total. The van der Waals surface area contributed by atoms with Crippen molar-refractivity contribution < 1.29 is 9.47 Å². The summed E-state index contributed by atoms with van der Waals surface area (Å²) in [5.74, 6) is 5.14. The van der Waals surface area contributed by atoms with Crippen LogP contribution in [0.3, 0.4) is 0 Å². The van der Waals surface area contributed by atoms with Gasteiger partial charge < -0.3 is 9.47 Å². The molecule has 4 aliphatic rings. The summed E-state index contributed by atoms with van der Waals surface area (Å²) in [6.45, 7) is 8.12. The van der Waals surface area contributed by atoms with Gasteiger partial charge in [-0.3, -0.25) is 0 Å². The van der Waals surface area contributed by atoms with Crippen molar-refractivity contribution >= 4 is 0 Å². The summed E-state index contributed by atoms with van der Waals surface area (Å²) in [7, 11) is 0. The Balaban J connectivity index is 1.25. The quantitative estimate of drug-likeness (QED) is 0.446. The third-order valence-electron chi connectivity index (χ3n) is 7.29. The molecule has 0 heterocycles. The first-order valence-electron chi connectivity index (χ1n) is 10.3. The van der Waals surface area contributed by atoms with Gasteiger partial charge in [-0.05, 0) is 91.2 Å². The summed E-state index contributed by atoms with van der Waals surface area (Å²) < 4.78 is 11.9. The summed E-state index contributed by atoms with van der Waals surface area (Å²) in [6.07, 6.45) is 8.70. The molecule has 0 radical (unpaired) electrons. The molecule has 0 aromatic heterocycles. The lowest BCUT2D eigenvalue weighted by atomic mass is 9.50. The van der Waals surface area contributed by atoms with Crippen LogP contribution in [-0.2, 0) is 4.74 Å². The monoisotopic (exact) mass is 342 g/mol. The van der Waals surface area contributed by atoms with Gasteiger partial charge >= 0.3 is 0 Å². The Morgan fingerprint density at radius 3 is 2.00 bits per heavy atom. The molecule has 4 bridgehead atoms. The fourth-order valence-corrected chi connectivity index (χ4v) is 6.09. The third kappa shape index (κ3) is 3.74. The molecule has 1 aromatic carbocycles. The van der Waals surface area contributed by atoms with Crippen LogP contribution in [0.15, 0.2) is 24.3 Å². The van der Waals surface area contributed by atoms with E-state index in [1.165, 1.54) is 44.1 Å². The van der Waals surface area contributed by atoms with Crippen LogP contribution in [0.1, 0.15) is 70.8 Å². The molecular weight excluding hydrogens is 308 g/mol. The van der Waals surface area contributed by atoms with Crippen molar-refractivity contribution in [1.82, 2.24) is 0 Å². The highest BCUT2D eigenvalue weighted by Crippen LogP contribution is 2.60. The molecular formula is C23H34O2. The van der Waals surface area contributed by atoms with Gasteiger partial charge in [0.1, 0.15) is 5.75 Å². The van der Waals surface area contributed by atoms with Gasteiger partial charge in [-0.1, -0.05) is 32.9 Å². The number of benzene rings is 1. The van der Waals surface area contributed by atoms with Gasteiger partial charge in [0, 0.05) is 0 Å². The highest BCUT2D eigenvalue weighted by atomic mass is 16.7. The molecule has 1 unspecified atom stereocenters. The summed E-state index contributed by atoms with van der Waals surface area (Å²) in [6, 6.07) is 8.56. The van der Waals surface area contributed by atoms with E-state index in [-0.39, 0.29) is 0 Å². The van der Waals surface area contributed by atoms with Crippen LogP contribution in [0, 0.1) is 29.1 Å². The molecule has 1 aromatic rings. The molecule has 4 aliphatic carbocycles. The Hall–Kier alpha value is -1.02. The Morgan fingerprint density at radius 1 is 0.920 bits per heavy atom. The lowest BCUT2D eigenvalue weighted by Crippen LogP contribution is -2.48. The summed E-state index contributed by atoms with van der Waals surface area (Å²) in [5, 5.41) is 0. The zero-order valence-corrected chi connectivity index (χ0v) is 16.2. The molecule has 5 rings (SSSR count). The molecule has 2 nitrogen and oxygen atoms in total. The standard InChI is InChI=1S/C23H34O2/c1-16(2)17(3)21-4-6-22(7-5-21)25-15-24-14-23-11-18-8-19(12-23)10-20(9-18)13-23/h4-7,16-20H,8-15H2,1-3H3. The number of ether oxygens (including phenoxy) is 2. The largest absolute Gasteiger partial charge is 0.468 e. The maximum Gasteiger partial charge on any atom is 0.189 e. The minimum Gasteiger partial charge on any atom is -0.468 e. The predicted molar refractivity (Wildman–Crippen MR) is 102 cm³/mol. The van der Waals surface area contributed by atoms with E-state index in [0.717, 1.165) is 30.1 Å². The van der Waals surface area contributed by atoms with Gasteiger partial charge in [0.05, 0.1) is 6.61 Å². The Morgan fingerprint density at radius 2 is 1.48 bits per heavy atom. The minimum absolute atomic E-state index is 0.390. The smallest absolute Gasteiger partial charge is 0.189 e. The second-order valence-corrected chi connectivity index (χ2v) is 9.63. The molecule has 0 amide bonds. The molecule has 0 saturated heterocycles. The normalized spacial score (nSPS) is 34.5. The van der Waals surface area contributed by atoms with Crippen LogP contribution in [0.25, 0.3) is 0 Å². The van der Waals surface area contributed by atoms with Gasteiger partial charge in [0.25, 0.3) is 0 Å². The third-order valence-corrected chi connectivity index (χ3v) is 7.29. The van der Waals surface area contributed by atoms with Crippen molar-refractivity contribution in [3.05, 3.63) is 29.8 Å². The fourth-order valence-electron chi connectivity index (χ4n) is 6.09. The van der Waals surface area contributed by atoms with Crippen molar-refractivity contribution in [3.63, 3.8) is 0 Å². The van der Waals surface area contributed by atoms with Crippen LogP contribution in [0.4, 0.5) is 0 Å². The molecule has 4 fully saturated rings. The van der Waals surface area contributed by atoms with Crippen LogP contribution in [0.5, 0.6) is 5.75 Å². The average molecular weight is 343 g/mol. The highest BCUT2D eigenvalue weighted by Gasteiger charge is 2.50. The number of hydrogen-bond acceptors (Lipinski definition) is 2. The second-order valence-electron chi connectivity index (χ2n) is 9.63. The molecule has 4 saturated carbocycles. The first-order valence-corrected chi connectivity index (χ1v) is 10.3. The minimum atomic E-state index is 0.390.